The molecule has 0 aliphatic heterocycles. The summed E-state index contributed by atoms with van der Waals surface area (Å²) in [6.07, 6.45) is 0.110. The molecule has 0 fully saturated rings. The quantitative estimate of drug-likeness (QED) is 0.486. The van der Waals surface area contributed by atoms with Gasteiger partial charge in [-0.3, -0.25) is 19.7 Å². The Morgan fingerprint density at radius 1 is 1.00 bits per heavy atom. The average molecular weight is 340 g/mol. The van der Waals surface area contributed by atoms with Crippen molar-refractivity contribution < 1.29 is 14.5 Å². The highest BCUT2D eigenvalue weighted by atomic mass is 16.6. The van der Waals surface area contributed by atoms with E-state index in [0.29, 0.717) is 11.3 Å². The number of amides is 1. The predicted molar refractivity (Wildman–Crippen MR) is 95.9 cm³/mol. The van der Waals surface area contributed by atoms with Crippen LogP contribution in [0.2, 0.25) is 0 Å². The number of Topliss-reactive ketones (excluding diaryl/α,β-unsaturated/α-hetero) is 1. The van der Waals surface area contributed by atoms with Gasteiger partial charge < -0.3 is 5.32 Å². The Bertz CT molecular complexity index is 843. The Hall–Kier alpha value is -3.02. The van der Waals surface area contributed by atoms with Crippen LogP contribution in [0.5, 0.6) is 0 Å². The van der Waals surface area contributed by atoms with Gasteiger partial charge in [-0.25, -0.2) is 0 Å². The minimum absolute atomic E-state index is 0.0222. The summed E-state index contributed by atoms with van der Waals surface area (Å²) in [6, 6.07) is 9.92. The average Bonchev–Trinajstić information content (AvgIpc) is 2.56. The van der Waals surface area contributed by atoms with E-state index in [1.165, 1.54) is 12.1 Å². The monoisotopic (exact) mass is 340 g/mol. The number of carbonyl (C=O) groups is 2. The number of nitrogens with zero attached hydrogens (tertiary/aromatic N) is 1. The van der Waals surface area contributed by atoms with E-state index in [4.69, 9.17) is 0 Å². The highest BCUT2D eigenvalue weighted by molar-refractivity contribution is 6.01. The topological polar surface area (TPSA) is 89.3 Å². The summed E-state index contributed by atoms with van der Waals surface area (Å²) in [7, 11) is 0. The first-order valence-electron chi connectivity index (χ1n) is 7.93. The van der Waals surface area contributed by atoms with E-state index < -0.39 is 4.92 Å². The third kappa shape index (κ3) is 4.73. The van der Waals surface area contributed by atoms with E-state index in [9.17, 15) is 19.7 Å². The molecule has 1 N–H and O–H groups in total. The van der Waals surface area contributed by atoms with Crippen molar-refractivity contribution in [1.82, 2.24) is 0 Å². The molecular weight excluding hydrogens is 320 g/mol. The third-order valence-electron chi connectivity index (χ3n) is 3.98. The third-order valence-corrected chi connectivity index (χ3v) is 3.98. The molecule has 130 valence electrons. The van der Waals surface area contributed by atoms with Crippen LogP contribution in [0.15, 0.2) is 36.4 Å². The summed E-state index contributed by atoms with van der Waals surface area (Å²) in [5, 5.41) is 13.5. The summed E-state index contributed by atoms with van der Waals surface area (Å²) >= 11 is 0. The number of ketones is 1. The molecule has 1 amide bonds. The zero-order valence-corrected chi connectivity index (χ0v) is 14.5. The van der Waals surface area contributed by atoms with Crippen LogP contribution in [-0.4, -0.2) is 16.6 Å². The molecule has 0 aliphatic rings. The second-order valence-electron chi connectivity index (χ2n) is 6.05. The van der Waals surface area contributed by atoms with Crippen LogP contribution in [-0.2, 0) is 4.79 Å². The van der Waals surface area contributed by atoms with Crippen molar-refractivity contribution in [3.63, 3.8) is 0 Å². The molecule has 0 saturated heterocycles. The van der Waals surface area contributed by atoms with Crippen molar-refractivity contribution in [2.24, 2.45) is 0 Å². The molecule has 0 heterocycles. The number of nitro benzene ring substituents is 1. The molecule has 0 aliphatic carbocycles. The van der Waals surface area contributed by atoms with Crippen LogP contribution in [0.1, 0.15) is 39.9 Å². The summed E-state index contributed by atoms with van der Waals surface area (Å²) in [5.74, 6) is -0.436. The van der Waals surface area contributed by atoms with Gasteiger partial charge >= 0.3 is 0 Å². The van der Waals surface area contributed by atoms with Crippen LogP contribution in [0.3, 0.4) is 0 Å². The summed E-state index contributed by atoms with van der Waals surface area (Å²) < 4.78 is 0. The van der Waals surface area contributed by atoms with E-state index in [1.807, 2.05) is 32.0 Å². The SMILES string of the molecule is Cc1ccc(C)c(C(=O)CCC(=O)Nc2cc([N+](=O)[O-])ccc2C)c1. The fourth-order valence-electron chi connectivity index (χ4n) is 2.47. The maximum absolute atomic E-state index is 12.3. The zero-order valence-electron chi connectivity index (χ0n) is 14.5. The van der Waals surface area contributed by atoms with Crippen LogP contribution in [0.4, 0.5) is 11.4 Å². The molecule has 2 aromatic carbocycles. The van der Waals surface area contributed by atoms with Gasteiger partial charge in [0.15, 0.2) is 5.78 Å². The van der Waals surface area contributed by atoms with E-state index in [0.717, 1.165) is 16.7 Å². The second kappa shape index (κ2) is 7.70. The van der Waals surface area contributed by atoms with Gasteiger partial charge in [-0.15, -0.1) is 0 Å². The number of carbonyl (C=O) groups excluding carboxylic acids is 2. The van der Waals surface area contributed by atoms with Gasteiger partial charge in [0.05, 0.1) is 10.6 Å². The molecule has 0 atom stereocenters. The van der Waals surface area contributed by atoms with Crippen LogP contribution in [0, 0.1) is 30.9 Å². The molecule has 0 saturated carbocycles. The van der Waals surface area contributed by atoms with Crippen molar-refractivity contribution >= 4 is 23.1 Å². The molecule has 0 unspecified atom stereocenters. The van der Waals surface area contributed by atoms with E-state index in [-0.39, 0.29) is 30.2 Å². The van der Waals surface area contributed by atoms with Crippen molar-refractivity contribution in [1.29, 1.82) is 0 Å². The standard InChI is InChI=1S/C19H20N2O4/c1-12-4-5-13(2)16(10-12)18(22)8-9-19(23)20-17-11-15(21(24)25)7-6-14(17)3/h4-7,10-11H,8-9H2,1-3H3,(H,20,23). The Kier molecular flexibility index (Phi) is 5.64. The molecule has 2 aromatic rings. The number of hydrogen-bond donors (Lipinski definition) is 1. The van der Waals surface area contributed by atoms with Gasteiger partial charge in [0.25, 0.3) is 5.69 Å². The van der Waals surface area contributed by atoms with Crippen LogP contribution >= 0.6 is 0 Å². The Morgan fingerprint density at radius 3 is 2.36 bits per heavy atom. The number of aryl methyl sites for hydroxylation is 3. The zero-order chi connectivity index (χ0) is 18.6. The largest absolute Gasteiger partial charge is 0.326 e. The number of hydrogen-bond acceptors (Lipinski definition) is 4. The fourth-order valence-corrected chi connectivity index (χ4v) is 2.47. The molecular formula is C19H20N2O4. The fraction of sp³-hybridized carbons (Fsp3) is 0.263. The molecule has 2 rings (SSSR count). The van der Waals surface area contributed by atoms with E-state index in [1.54, 1.807) is 13.0 Å². The molecule has 6 nitrogen and oxygen atoms in total. The first kappa shape index (κ1) is 18.3. The highest BCUT2D eigenvalue weighted by Gasteiger charge is 2.14. The van der Waals surface area contributed by atoms with Gasteiger partial charge in [-0.05, 0) is 38.0 Å². The Labute approximate surface area is 146 Å². The van der Waals surface area contributed by atoms with E-state index in [2.05, 4.69) is 5.32 Å². The number of rotatable bonds is 6. The number of non-ortho nitro benzene ring substituents is 1. The number of anilines is 1. The number of nitro groups is 1. The Balaban J connectivity index is 2.01. The predicted octanol–water partition coefficient (Wildman–Crippen LogP) is 4.12. The first-order valence-corrected chi connectivity index (χ1v) is 7.93. The maximum atomic E-state index is 12.3. The van der Waals surface area contributed by atoms with Gasteiger partial charge in [0, 0.05) is 30.5 Å². The lowest BCUT2D eigenvalue weighted by molar-refractivity contribution is -0.384. The number of nitrogens with one attached hydrogen (secondary N) is 1. The molecule has 0 spiro atoms. The minimum atomic E-state index is -0.515. The summed E-state index contributed by atoms with van der Waals surface area (Å²) in [4.78, 5) is 34.7. The highest BCUT2D eigenvalue weighted by Crippen LogP contribution is 2.22. The maximum Gasteiger partial charge on any atom is 0.271 e. The van der Waals surface area contributed by atoms with Crippen molar-refractivity contribution in [2.75, 3.05) is 5.32 Å². The minimum Gasteiger partial charge on any atom is -0.326 e. The van der Waals surface area contributed by atoms with Gasteiger partial charge in [-0.1, -0.05) is 23.8 Å². The first-order chi connectivity index (χ1) is 11.8. The van der Waals surface area contributed by atoms with Gasteiger partial charge in [0.2, 0.25) is 5.91 Å². The lowest BCUT2D eigenvalue weighted by Crippen LogP contribution is -2.15. The smallest absolute Gasteiger partial charge is 0.271 e. The lowest BCUT2D eigenvalue weighted by Gasteiger charge is -2.09. The summed E-state index contributed by atoms with van der Waals surface area (Å²) in [5.41, 5.74) is 3.51. The summed E-state index contributed by atoms with van der Waals surface area (Å²) in [6.45, 7) is 5.52. The van der Waals surface area contributed by atoms with E-state index >= 15 is 0 Å². The normalized spacial score (nSPS) is 10.4. The molecule has 0 radical (unpaired) electrons. The lowest BCUT2D eigenvalue weighted by atomic mass is 9.99. The molecule has 25 heavy (non-hydrogen) atoms. The van der Waals surface area contributed by atoms with Crippen molar-refractivity contribution in [2.45, 2.75) is 33.6 Å². The Morgan fingerprint density at radius 2 is 1.68 bits per heavy atom. The van der Waals surface area contributed by atoms with Gasteiger partial charge in [0.1, 0.15) is 0 Å². The molecule has 0 aromatic heterocycles. The van der Waals surface area contributed by atoms with Crippen LogP contribution in [0.25, 0.3) is 0 Å². The van der Waals surface area contributed by atoms with Crippen molar-refractivity contribution in [3.8, 4) is 0 Å². The number of benzene rings is 2. The molecule has 0 bridgehead atoms. The van der Waals surface area contributed by atoms with Crippen LogP contribution < -0.4 is 5.32 Å². The molecule has 6 heteroatoms. The van der Waals surface area contributed by atoms with Gasteiger partial charge in [-0.2, -0.15) is 0 Å². The van der Waals surface area contributed by atoms with Crippen molar-refractivity contribution in [3.05, 3.63) is 68.8 Å². The second-order valence-corrected chi connectivity index (χ2v) is 6.05.